The lowest BCUT2D eigenvalue weighted by Gasteiger charge is -2.11. The lowest BCUT2D eigenvalue weighted by atomic mass is 10.2. The lowest BCUT2D eigenvalue weighted by molar-refractivity contribution is -0.114. The van der Waals surface area contributed by atoms with Crippen molar-refractivity contribution in [2.45, 2.75) is 6.92 Å². The van der Waals surface area contributed by atoms with Crippen LogP contribution in [0.25, 0.3) is 0 Å². The first kappa shape index (κ1) is 19.1. The molecule has 0 spiro atoms. The van der Waals surface area contributed by atoms with Crippen molar-refractivity contribution in [2.24, 2.45) is 0 Å². The second-order valence-electron chi connectivity index (χ2n) is 5.02. The Morgan fingerprint density at radius 1 is 1.08 bits per heavy atom. The van der Waals surface area contributed by atoms with Crippen molar-refractivity contribution in [1.82, 2.24) is 5.32 Å². The molecular weight excluding hydrogens is 453 g/mol. The van der Waals surface area contributed by atoms with Gasteiger partial charge in [0.15, 0.2) is 5.11 Å². The summed E-state index contributed by atoms with van der Waals surface area (Å²) in [5, 5.41) is 8.38. The van der Waals surface area contributed by atoms with E-state index in [1.165, 1.54) is 6.92 Å². The lowest BCUT2D eigenvalue weighted by Crippen LogP contribution is -2.34. The van der Waals surface area contributed by atoms with E-state index < -0.39 is 0 Å². The Hall–Kier alpha value is -2.20. The average molecular weight is 469 g/mol. The number of ether oxygens (including phenoxy) is 1. The largest absolute Gasteiger partial charge is 0.496 e. The molecule has 25 heavy (non-hydrogen) atoms. The molecule has 0 atom stereocenters. The van der Waals surface area contributed by atoms with Gasteiger partial charge in [0.2, 0.25) is 5.91 Å². The van der Waals surface area contributed by atoms with Crippen LogP contribution in [-0.2, 0) is 4.79 Å². The van der Waals surface area contributed by atoms with Gasteiger partial charge in [-0.1, -0.05) is 6.07 Å². The molecule has 0 aliphatic rings. The number of anilines is 2. The first-order valence-electron chi connectivity index (χ1n) is 7.22. The summed E-state index contributed by atoms with van der Waals surface area (Å²) < 4.78 is 6.00. The topological polar surface area (TPSA) is 79.5 Å². The van der Waals surface area contributed by atoms with Crippen LogP contribution in [0.5, 0.6) is 5.75 Å². The highest BCUT2D eigenvalue weighted by molar-refractivity contribution is 14.1. The quantitative estimate of drug-likeness (QED) is 0.473. The van der Waals surface area contributed by atoms with Gasteiger partial charge in [-0.05, 0) is 71.2 Å². The van der Waals surface area contributed by atoms with Gasteiger partial charge < -0.3 is 15.4 Å². The Morgan fingerprint density at radius 3 is 2.36 bits per heavy atom. The van der Waals surface area contributed by atoms with Crippen molar-refractivity contribution in [3.8, 4) is 5.75 Å². The molecule has 0 unspecified atom stereocenters. The highest BCUT2D eigenvalue weighted by atomic mass is 127. The maximum absolute atomic E-state index is 12.3. The molecule has 0 fully saturated rings. The molecule has 0 saturated carbocycles. The van der Waals surface area contributed by atoms with Crippen LogP contribution < -0.4 is 20.7 Å². The molecule has 2 rings (SSSR count). The van der Waals surface area contributed by atoms with E-state index in [4.69, 9.17) is 17.0 Å². The van der Waals surface area contributed by atoms with Crippen LogP contribution in [0.3, 0.4) is 0 Å². The monoisotopic (exact) mass is 469 g/mol. The smallest absolute Gasteiger partial charge is 0.257 e. The van der Waals surface area contributed by atoms with Gasteiger partial charge in [0.05, 0.1) is 10.7 Å². The molecule has 0 aliphatic heterocycles. The number of hydrogen-bond acceptors (Lipinski definition) is 4. The van der Waals surface area contributed by atoms with Crippen LogP contribution >= 0.6 is 34.8 Å². The van der Waals surface area contributed by atoms with Crippen LogP contribution in [0.2, 0.25) is 0 Å². The number of carbonyl (C=O) groups is 2. The molecule has 0 aliphatic carbocycles. The number of amides is 2. The van der Waals surface area contributed by atoms with Crippen molar-refractivity contribution in [1.29, 1.82) is 0 Å². The van der Waals surface area contributed by atoms with Gasteiger partial charge in [-0.15, -0.1) is 0 Å². The molecule has 2 aromatic rings. The maximum atomic E-state index is 12.3. The third-order valence-electron chi connectivity index (χ3n) is 3.08. The minimum absolute atomic E-state index is 0.163. The number of hydrogen-bond donors (Lipinski definition) is 3. The van der Waals surface area contributed by atoms with E-state index in [-0.39, 0.29) is 16.9 Å². The Kier molecular flexibility index (Phi) is 6.71. The normalized spacial score (nSPS) is 9.88. The molecule has 2 aromatic carbocycles. The van der Waals surface area contributed by atoms with Gasteiger partial charge >= 0.3 is 0 Å². The maximum Gasteiger partial charge on any atom is 0.257 e. The van der Waals surface area contributed by atoms with Gasteiger partial charge in [0.25, 0.3) is 5.91 Å². The average Bonchev–Trinajstić information content (AvgIpc) is 2.54. The molecule has 0 bridgehead atoms. The molecule has 6 nitrogen and oxygen atoms in total. The summed E-state index contributed by atoms with van der Waals surface area (Å²) in [4.78, 5) is 23.4. The number of carbonyl (C=O) groups excluding carboxylic acids is 2. The first-order chi connectivity index (χ1) is 11.9. The van der Waals surface area contributed by atoms with E-state index in [9.17, 15) is 9.59 Å². The second-order valence-corrected chi connectivity index (χ2v) is 6.59. The summed E-state index contributed by atoms with van der Waals surface area (Å²) in [7, 11) is 1.57. The third kappa shape index (κ3) is 5.68. The summed E-state index contributed by atoms with van der Waals surface area (Å²) in [5.41, 5.74) is 1.76. The predicted molar refractivity (Wildman–Crippen MR) is 110 cm³/mol. The molecule has 130 valence electrons. The van der Waals surface area contributed by atoms with Crippen LogP contribution in [0.1, 0.15) is 17.3 Å². The zero-order valence-corrected chi connectivity index (χ0v) is 16.5. The van der Waals surface area contributed by atoms with Crippen molar-refractivity contribution >= 4 is 63.1 Å². The van der Waals surface area contributed by atoms with Crippen molar-refractivity contribution < 1.29 is 14.3 Å². The van der Waals surface area contributed by atoms with E-state index in [0.717, 1.165) is 3.57 Å². The van der Waals surface area contributed by atoms with Gasteiger partial charge in [-0.2, -0.15) is 0 Å². The fourth-order valence-corrected chi connectivity index (χ4v) is 2.97. The Morgan fingerprint density at radius 2 is 1.76 bits per heavy atom. The van der Waals surface area contributed by atoms with E-state index in [1.807, 2.05) is 0 Å². The van der Waals surface area contributed by atoms with Crippen LogP contribution in [-0.4, -0.2) is 24.0 Å². The van der Waals surface area contributed by atoms with Crippen molar-refractivity contribution in [3.63, 3.8) is 0 Å². The molecule has 2 amide bonds. The van der Waals surface area contributed by atoms with Crippen LogP contribution in [0.15, 0.2) is 42.5 Å². The number of thiocarbonyl (C=S) groups is 1. The van der Waals surface area contributed by atoms with E-state index in [0.29, 0.717) is 22.7 Å². The fraction of sp³-hybridized carbons (Fsp3) is 0.118. The van der Waals surface area contributed by atoms with E-state index in [2.05, 4.69) is 38.5 Å². The predicted octanol–water partition coefficient (Wildman–Crippen LogP) is 3.39. The summed E-state index contributed by atoms with van der Waals surface area (Å²) in [5.74, 6) is 0.214. The number of methoxy groups -OCH3 is 1. The highest BCUT2D eigenvalue weighted by Crippen LogP contribution is 2.21. The summed E-state index contributed by atoms with van der Waals surface area (Å²) in [6.45, 7) is 1.43. The minimum atomic E-state index is -0.323. The highest BCUT2D eigenvalue weighted by Gasteiger charge is 2.11. The second kappa shape index (κ2) is 8.77. The number of rotatable bonds is 4. The number of benzene rings is 2. The number of nitrogens with one attached hydrogen (secondary N) is 3. The van der Waals surface area contributed by atoms with Gasteiger partial charge in [-0.25, -0.2) is 0 Å². The van der Waals surface area contributed by atoms with Gasteiger partial charge in [-0.3, -0.25) is 14.9 Å². The zero-order chi connectivity index (χ0) is 18.4. The summed E-state index contributed by atoms with van der Waals surface area (Å²) in [6, 6.07) is 12.1. The SMILES string of the molecule is COc1ccc(C(=O)NC(=S)Nc2cccc(NC(C)=O)c2)cc1I. The standard InChI is InChI=1S/C17H16IN3O3S/c1-10(22)19-12-4-3-5-13(9-12)20-17(25)21-16(23)11-6-7-15(24-2)14(18)8-11/h3-9H,1-2H3,(H,19,22)(H2,20,21,23,25). The van der Waals surface area contributed by atoms with Gasteiger partial charge in [0, 0.05) is 23.9 Å². The summed E-state index contributed by atoms with van der Waals surface area (Å²) >= 11 is 7.26. The molecule has 0 saturated heterocycles. The van der Waals surface area contributed by atoms with Crippen LogP contribution in [0.4, 0.5) is 11.4 Å². The Bertz CT molecular complexity index is 827. The Labute approximate surface area is 164 Å². The Balaban J connectivity index is 2.01. The summed E-state index contributed by atoms with van der Waals surface area (Å²) in [6.07, 6.45) is 0. The van der Waals surface area contributed by atoms with Crippen molar-refractivity contribution in [3.05, 3.63) is 51.6 Å². The molecule has 3 N–H and O–H groups in total. The minimum Gasteiger partial charge on any atom is -0.496 e. The number of halogens is 1. The molecule has 0 aromatic heterocycles. The zero-order valence-electron chi connectivity index (χ0n) is 13.6. The fourth-order valence-electron chi connectivity index (χ4n) is 2.02. The molecule has 0 heterocycles. The van der Waals surface area contributed by atoms with Crippen LogP contribution in [0, 0.1) is 3.57 Å². The van der Waals surface area contributed by atoms with E-state index in [1.54, 1.807) is 49.6 Å². The van der Waals surface area contributed by atoms with Crippen molar-refractivity contribution in [2.75, 3.05) is 17.7 Å². The molecule has 0 radical (unpaired) electrons. The van der Waals surface area contributed by atoms with Gasteiger partial charge in [0.1, 0.15) is 5.75 Å². The third-order valence-corrected chi connectivity index (χ3v) is 4.13. The molecule has 8 heteroatoms. The first-order valence-corrected chi connectivity index (χ1v) is 8.71. The van der Waals surface area contributed by atoms with E-state index >= 15 is 0 Å². The molecular formula is C17H16IN3O3S.